The van der Waals surface area contributed by atoms with Crippen molar-refractivity contribution < 1.29 is 53.2 Å². The van der Waals surface area contributed by atoms with E-state index in [0.717, 1.165) is 5.56 Å². The number of nitrogens with one attached hydrogen (secondary N) is 1. The highest BCUT2D eigenvalue weighted by Crippen LogP contribution is 2.41. The smallest absolute Gasteiger partial charge is 0.392 e. The maximum Gasteiger partial charge on any atom is 0.392 e. The van der Waals surface area contributed by atoms with Gasteiger partial charge in [0.15, 0.2) is 17.6 Å². The molecule has 0 amide bonds. The minimum absolute atomic E-state index is 0.0154. The van der Waals surface area contributed by atoms with E-state index in [-0.39, 0.29) is 48.9 Å². The largest absolute Gasteiger partial charge is 0.485 e. The number of aliphatic imine (C=N–C) groups is 1. The van der Waals surface area contributed by atoms with Crippen LogP contribution < -0.4 is 24.3 Å². The van der Waals surface area contributed by atoms with Crippen LogP contribution in [-0.4, -0.2) is 68.5 Å². The van der Waals surface area contributed by atoms with Gasteiger partial charge in [-0.05, 0) is 60.7 Å². The minimum Gasteiger partial charge on any atom is -0.485 e. The van der Waals surface area contributed by atoms with E-state index in [1.165, 1.54) is 24.3 Å². The molecule has 4 aromatic rings. The highest BCUT2D eigenvalue weighted by molar-refractivity contribution is 5.75. The van der Waals surface area contributed by atoms with Crippen molar-refractivity contribution in [2.24, 2.45) is 4.99 Å². The fourth-order valence-electron chi connectivity index (χ4n) is 5.34. The van der Waals surface area contributed by atoms with Crippen molar-refractivity contribution in [3.63, 3.8) is 0 Å². The summed E-state index contributed by atoms with van der Waals surface area (Å²) in [5.41, 5.74) is 1.13. The van der Waals surface area contributed by atoms with Crippen LogP contribution in [0.3, 0.4) is 0 Å². The predicted octanol–water partition coefficient (Wildman–Crippen LogP) is 5.68. The molecule has 0 saturated heterocycles. The lowest BCUT2D eigenvalue weighted by Gasteiger charge is -2.20. The highest BCUT2D eigenvalue weighted by Gasteiger charge is 2.34. The topological polar surface area (TPSA) is 255 Å². The second-order valence-electron chi connectivity index (χ2n) is 12.0. The lowest BCUT2D eigenvalue weighted by Crippen LogP contribution is -2.28. The van der Waals surface area contributed by atoms with E-state index in [1.54, 1.807) is 25.3 Å². The predicted molar refractivity (Wildman–Crippen MR) is 195 cm³/mol. The van der Waals surface area contributed by atoms with Gasteiger partial charge in [-0.3, -0.25) is 30.0 Å². The molecule has 0 saturated carbocycles. The normalized spacial score (nSPS) is 13.8. The van der Waals surface area contributed by atoms with Crippen molar-refractivity contribution in [1.29, 1.82) is 5.26 Å². The monoisotopic (exact) mass is 768 g/mol. The molecule has 3 aromatic carbocycles. The van der Waals surface area contributed by atoms with E-state index >= 15 is 0 Å². The number of esters is 1. The zero-order chi connectivity index (χ0) is 40.0. The van der Waals surface area contributed by atoms with Gasteiger partial charge in [0.05, 0.1) is 23.2 Å². The number of hydrogen-bond acceptors (Lipinski definition) is 15. The van der Waals surface area contributed by atoms with Crippen molar-refractivity contribution in [2.45, 2.75) is 57.9 Å². The van der Waals surface area contributed by atoms with Crippen LogP contribution in [0.5, 0.6) is 35.0 Å². The van der Waals surface area contributed by atoms with Crippen LogP contribution in [-0.2, 0) is 32.1 Å². The maximum atomic E-state index is 12.6. The van der Waals surface area contributed by atoms with E-state index in [9.17, 15) is 40.0 Å². The number of nitro groups is 1. The van der Waals surface area contributed by atoms with Crippen LogP contribution in [0.2, 0.25) is 0 Å². The number of ether oxygens (including phenoxy) is 5. The summed E-state index contributed by atoms with van der Waals surface area (Å²) in [6.45, 7) is 2.59. The molecule has 1 aliphatic rings. The van der Waals surface area contributed by atoms with Crippen LogP contribution in [0.4, 0.5) is 5.69 Å². The minimum atomic E-state index is -1.90. The van der Waals surface area contributed by atoms with Crippen molar-refractivity contribution in [2.75, 3.05) is 13.2 Å². The third kappa shape index (κ3) is 11.2. The second kappa shape index (κ2) is 19.3. The first-order chi connectivity index (χ1) is 27.0. The number of carboxylic acids is 2. The Morgan fingerprint density at radius 2 is 1.79 bits per heavy atom. The first-order valence-corrected chi connectivity index (χ1v) is 17.3. The number of carbonyl (C=O) groups is 3. The van der Waals surface area contributed by atoms with Gasteiger partial charge < -0.3 is 33.9 Å². The molecule has 290 valence electrons. The highest BCUT2D eigenvalue weighted by atomic mass is 16.6. The number of aromatic nitrogens is 2. The van der Waals surface area contributed by atoms with Crippen molar-refractivity contribution >= 4 is 29.8 Å². The number of carboxylic acid groups (broad SMARTS) is 2. The summed E-state index contributed by atoms with van der Waals surface area (Å²) in [4.78, 5) is 60.0. The third-order valence-corrected chi connectivity index (χ3v) is 7.95. The zero-order valence-electron chi connectivity index (χ0n) is 30.0. The van der Waals surface area contributed by atoms with Gasteiger partial charge in [-0.25, -0.2) is 4.79 Å². The summed E-state index contributed by atoms with van der Waals surface area (Å²) >= 11 is 0. The molecule has 5 rings (SSSR count). The van der Waals surface area contributed by atoms with Gasteiger partial charge in [0.2, 0.25) is 0 Å². The summed E-state index contributed by atoms with van der Waals surface area (Å²) in [6, 6.07) is 19.6. The summed E-state index contributed by atoms with van der Waals surface area (Å²) < 4.78 is 28.6. The van der Waals surface area contributed by atoms with Crippen LogP contribution in [0, 0.1) is 21.4 Å². The van der Waals surface area contributed by atoms with E-state index in [0.29, 0.717) is 24.1 Å². The summed E-state index contributed by atoms with van der Waals surface area (Å²) in [6.07, 6.45) is -0.979. The van der Waals surface area contributed by atoms with E-state index < -0.39 is 71.4 Å². The molecule has 1 aromatic heterocycles. The van der Waals surface area contributed by atoms with Gasteiger partial charge in [-0.2, -0.15) is 15.2 Å². The summed E-state index contributed by atoms with van der Waals surface area (Å²) in [5, 5.41) is 44.6. The molecule has 3 N–H and O–H groups in total. The number of carbonyl (C=O) groups excluding carboxylic acids is 1. The number of benzene rings is 3. The van der Waals surface area contributed by atoms with Crippen molar-refractivity contribution in [3.8, 4) is 41.1 Å². The van der Waals surface area contributed by atoms with Gasteiger partial charge in [-0.1, -0.05) is 36.4 Å². The Morgan fingerprint density at radius 3 is 2.46 bits per heavy atom. The number of aryl methyl sites for hydroxylation is 1. The molecule has 2 atom stereocenters. The zero-order valence-corrected chi connectivity index (χ0v) is 30.0. The first-order valence-electron chi connectivity index (χ1n) is 17.3. The average Bonchev–Trinajstić information content (AvgIpc) is 3.18. The molecule has 56 heavy (non-hydrogen) atoms. The molecule has 0 aliphatic carbocycles. The summed E-state index contributed by atoms with van der Waals surface area (Å²) in [5.74, 6) is -4.99. The SMILES string of the molecule is CCOC(=O)CCc1cc(Oc2nc(Oc3cc(C#N)ccc3OCc3ccccc3)nc(OC(CCC(=O)O)C(=O)O)c2[N+](=O)[O-])cc(C2N=CCCN2)c1. The maximum absolute atomic E-state index is 12.6. The Bertz CT molecular complexity index is 2140. The first kappa shape index (κ1) is 40.1. The number of nitrogens with zero attached hydrogens (tertiary/aromatic N) is 5. The third-order valence-electron chi connectivity index (χ3n) is 7.95. The fourth-order valence-corrected chi connectivity index (χ4v) is 5.34. The van der Waals surface area contributed by atoms with Crippen LogP contribution in [0.15, 0.2) is 71.7 Å². The van der Waals surface area contributed by atoms with E-state index in [2.05, 4.69) is 20.3 Å². The van der Waals surface area contributed by atoms with Gasteiger partial charge in [0.25, 0.3) is 0 Å². The molecule has 2 unspecified atom stereocenters. The van der Waals surface area contributed by atoms with E-state index in [4.69, 9.17) is 23.7 Å². The van der Waals surface area contributed by atoms with Crippen LogP contribution in [0.1, 0.15) is 61.0 Å². The van der Waals surface area contributed by atoms with E-state index in [1.807, 2.05) is 36.4 Å². The van der Waals surface area contributed by atoms with Crippen molar-refractivity contribution in [1.82, 2.24) is 15.3 Å². The number of hydrogen-bond donors (Lipinski definition) is 3. The quantitative estimate of drug-likeness (QED) is 0.0589. The molecule has 1 aliphatic heterocycles. The summed E-state index contributed by atoms with van der Waals surface area (Å²) in [7, 11) is 0. The lowest BCUT2D eigenvalue weighted by molar-refractivity contribution is -0.387. The molecule has 0 fully saturated rings. The Kier molecular flexibility index (Phi) is 13.8. The van der Waals surface area contributed by atoms with Crippen LogP contribution in [0.25, 0.3) is 0 Å². The Labute approximate surface area is 319 Å². The Balaban J connectivity index is 1.60. The van der Waals surface area contributed by atoms with Gasteiger partial charge in [-0.15, -0.1) is 0 Å². The van der Waals surface area contributed by atoms with Gasteiger partial charge in [0.1, 0.15) is 18.5 Å². The lowest BCUT2D eigenvalue weighted by atomic mass is 10.0. The molecular formula is C38H36N6O12. The Hall–Kier alpha value is -7.13. The molecular weight excluding hydrogens is 732 g/mol. The number of rotatable bonds is 19. The van der Waals surface area contributed by atoms with Gasteiger partial charge >= 0.3 is 41.4 Å². The Morgan fingerprint density at radius 1 is 1.00 bits per heavy atom. The van der Waals surface area contributed by atoms with Gasteiger partial charge in [0, 0.05) is 38.1 Å². The van der Waals surface area contributed by atoms with Crippen LogP contribution >= 0.6 is 0 Å². The van der Waals surface area contributed by atoms with Crippen molar-refractivity contribution in [3.05, 3.63) is 99.1 Å². The molecule has 18 heteroatoms. The standard InChI is InChI=1S/C38H36N6O12/c1-2-52-32(47)14-10-24-17-26(34-40-15-6-16-41-34)20-27(18-24)54-35-33(44(50)51)36(55-29(37(48)49)12-13-31(45)46)43-38(42-35)56-30-19-25(21-39)9-11-28(30)53-22-23-7-4-3-5-8-23/h3-5,7-9,11,15,17-20,29,34,41H,2,6,10,12-14,16,22H2,1H3,(H,45,46)(H,48,49). The molecule has 0 bridgehead atoms. The fraction of sp³-hybridized carbons (Fsp3) is 0.289. The molecule has 0 spiro atoms. The average molecular weight is 769 g/mol. The molecule has 0 radical (unpaired) electrons. The number of aliphatic carboxylic acids is 2. The molecule has 2 heterocycles. The second-order valence-corrected chi connectivity index (χ2v) is 12.0. The number of nitriles is 1. The molecule has 18 nitrogen and oxygen atoms in total.